The highest BCUT2D eigenvalue weighted by Crippen LogP contribution is 2.36. The number of carbonyl (C=O) groups is 1. The third-order valence-corrected chi connectivity index (χ3v) is 4.21. The number of thioether (sulfide) groups is 1. The average Bonchev–Trinajstić information content (AvgIpc) is 2.66. The molecule has 100 valence electrons. The maximum absolute atomic E-state index is 11.9. The van der Waals surface area contributed by atoms with Crippen LogP contribution < -0.4 is 15.2 Å². The van der Waals surface area contributed by atoms with Crippen LogP contribution in [0.1, 0.15) is 5.56 Å². The Bertz CT molecular complexity index is 569. The molecule has 0 bridgehead atoms. The summed E-state index contributed by atoms with van der Waals surface area (Å²) in [5.41, 5.74) is 6.44. The zero-order valence-corrected chi connectivity index (χ0v) is 12.1. The zero-order valence-electron chi connectivity index (χ0n) is 10.5. The maximum atomic E-state index is 11.9. The smallest absolute Gasteiger partial charge is 0.192 e. The number of nitrogens with two attached hydrogens (primary N) is 1. The number of hydrogen-bond acceptors (Lipinski definition) is 6. The Morgan fingerprint density at radius 2 is 2.11 bits per heavy atom. The SMILES string of the molecule is COc1cccc(/C=C2/SC(=S)[C@H](N)C2=O)c1OC. The van der Waals surface area contributed by atoms with Crippen molar-refractivity contribution in [2.24, 2.45) is 5.73 Å². The number of ether oxygens (including phenoxy) is 2. The van der Waals surface area contributed by atoms with E-state index in [1.807, 2.05) is 12.1 Å². The van der Waals surface area contributed by atoms with Crippen molar-refractivity contribution in [3.05, 3.63) is 28.7 Å². The van der Waals surface area contributed by atoms with E-state index >= 15 is 0 Å². The Morgan fingerprint density at radius 3 is 2.63 bits per heavy atom. The maximum Gasteiger partial charge on any atom is 0.192 e. The van der Waals surface area contributed by atoms with Gasteiger partial charge in [0.15, 0.2) is 17.3 Å². The summed E-state index contributed by atoms with van der Waals surface area (Å²) < 4.78 is 11.0. The van der Waals surface area contributed by atoms with E-state index in [0.29, 0.717) is 20.6 Å². The lowest BCUT2D eigenvalue weighted by atomic mass is 10.1. The normalized spacial score (nSPS) is 21.0. The molecule has 1 aliphatic heterocycles. The van der Waals surface area contributed by atoms with Crippen molar-refractivity contribution in [3.8, 4) is 11.5 Å². The van der Waals surface area contributed by atoms with Gasteiger partial charge < -0.3 is 15.2 Å². The molecule has 0 aromatic heterocycles. The lowest BCUT2D eigenvalue weighted by Gasteiger charge is -2.10. The van der Waals surface area contributed by atoms with Crippen molar-refractivity contribution in [3.63, 3.8) is 0 Å². The van der Waals surface area contributed by atoms with E-state index < -0.39 is 6.04 Å². The molecular formula is C13H13NO3S2. The van der Waals surface area contributed by atoms with E-state index in [0.717, 1.165) is 5.56 Å². The Balaban J connectivity index is 2.44. The van der Waals surface area contributed by atoms with E-state index in [2.05, 4.69) is 0 Å². The van der Waals surface area contributed by atoms with Crippen LogP contribution in [0.2, 0.25) is 0 Å². The Kier molecular flexibility index (Phi) is 4.24. The quantitative estimate of drug-likeness (QED) is 0.680. The summed E-state index contributed by atoms with van der Waals surface area (Å²) in [7, 11) is 3.12. The number of Topliss-reactive ketones (excluding diaryl/α,β-unsaturated/α-hetero) is 1. The van der Waals surface area contributed by atoms with Crippen molar-refractivity contribution in [2.45, 2.75) is 6.04 Å². The van der Waals surface area contributed by atoms with Gasteiger partial charge >= 0.3 is 0 Å². The Hall–Kier alpha value is -1.37. The fourth-order valence-electron chi connectivity index (χ4n) is 1.75. The summed E-state index contributed by atoms with van der Waals surface area (Å²) >= 11 is 6.27. The fraction of sp³-hybridized carbons (Fsp3) is 0.231. The van der Waals surface area contributed by atoms with Gasteiger partial charge in [-0.2, -0.15) is 0 Å². The molecule has 1 aromatic rings. The molecule has 1 heterocycles. The number of rotatable bonds is 3. The van der Waals surface area contributed by atoms with Crippen LogP contribution in [0.15, 0.2) is 23.1 Å². The molecule has 19 heavy (non-hydrogen) atoms. The predicted octanol–water partition coefficient (Wildman–Crippen LogP) is 2.02. The molecule has 6 heteroatoms. The van der Waals surface area contributed by atoms with Crippen LogP contribution in [0, 0.1) is 0 Å². The van der Waals surface area contributed by atoms with Gasteiger partial charge in [0.05, 0.1) is 23.3 Å². The van der Waals surface area contributed by atoms with Crippen LogP contribution >= 0.6 is 24.0 Å². The number of methoxy groups -OCH3 is 2. The van der Waals surface area contributed by atoms with E-state index in [1.165, 1.54) is 11.8 Å². The second-order valence-corrected chi connectivity index (χ2v) is 5.64. The third-order valence-electron chi connectivity index (χ3n) is 2.71. The first-order valence-electron chi connectivity index (χ1n) is 5.52. The second kappa shape index (κ2) is 5.73. The summed E-state index contributed by atoms with van der Waals surface area (Å²) in [6.07, 6.45) is 1.73. The second-order valence-electron chi connectivity index (χ2n) is 3.85. The van der Waals surface area contributed by atoms with E-state index in [4.69, 9.17) is 27.4 Å². The van der Waals surface area contributed by atoms with Gasteiger partial charge in [-0.15, -0.1) is 0 Å². The van der Waals surface area contributed by atoms with Crippen LogP contribution in [-0.2, 0) is 4.79 Å². The van der Waals surface area contributed by atoms with E-state index in [9.17, 15) is 4.79 Å². The summed E-state index contributed by atoms with van der Waals surface area (Å²) in [6, 6.07) is 4.77. The van der Waals surface area contributed by atoms with Gasteiger partial charge in [-0.1, -0.05) is 36.1 Å². The van der Waals surface area contributed by atoms with Gasteiger partial charge in [0.1, 0.15) is 6.04 Å². The molecule has 1 fully saturated rings. The molecule has 2 N–H and O–H groups in total. The highest BCUT2D eigenvalue weighted by molar-refractivity contribution is 8.27. The lowest BCUT2D eigenvalue weighted by molar-refractivity contribution is -0.114. The number of benzene rings is 1. The zero-order chi connectivity index (χ0) is 14.0. The van der Waals surface area contributed by atoms with Gasteiger partial charge in [0.2, 0.25) is 0 Å². The molecule has 0 radical (unpaired) electrons. The number of ketones is 1. The first-order valence-corrected chi connectivity index (χ1v) is 6.75. The molecule has 1 atom stereocenters. The summed E-state index contributed by atoms with van der Waals surface area (Å²) in [6.45, 7) is 0. The number of hydrogen-bond donors (Lipinski definition) is 1. The van der Waals surface area contributed by atoms with Crippen LogP contribution in [0.5, 0.6) is 11.5 Å². The molecule has 2 rings (SSSR count). The lowest BCUT2D eigenvalue weighted by Crippen LogP contribution is -2.30. The van der Waals surface area contributed by atoms with E-state index in [-0.39, 0.29) is 5.78 Å². The minimum atomic E-state index is -0.692. The fourth-order valence-corrected chi connectivity index (χ4v) is 2.99. The largest absolute Gasteiger partial charge is 0.493 e. The minimum Gasteiger partial charge on any atom is -0.493 e. The molecule has 0 amide bonds. The van der Waals surface area contributed by atoms with Crippen LogP contribution in [0.3, 0.4) is 0 Å². The summed E-state index contributed by atoms with van der Waals surface area (Å²) in [5.74, 6) is 1.04. The van der Waals surface area contributed by atoms with Gasteiger partial charge in [-0.05, 0) is 12.1 Å². The van der Waals surface area contributed by atoms with Gasteiger partial charge in [0, 0.05) is 5.56 Å². The number of para-hydroxylation sites is 1. The van der Waals surface area contributed by atoms with E-state index in [1.54, 1.807) is 26.4 Å². The Labute approximate surface area is 121 Å². The van der Waals surface area contributed by atoms with Crippen LogP contribution in [0.4, 0.5) is 0 Å². The average molecular weight is 295 g/mol. The highest BCUT2D eigenvalue weighted by Gasteiger charge is 2.32. The molecule has 0 saturated carbocycles. The van der Waals surface area contributed by atoms with Crippen LogP contribution in [-0.4, -0.2) is 30.2 Å². The van der Waals surface area contributed by atoms with Crippen molar-refractivity contribution in [1.82, 2.24) is 0 Å². The summed E-state index contributed by atoms with van der Waals surface area (Å²) in [4.78, 5) is 12.4. The topological polar surface area (TPSA) is 61.5 Å². The molecule has 1 aliphatic rings. The number of thiocarbonyl (C=S) groups is 1. The molecule has 0 unspecified atom stereocenters. The number of carbonyl (C=O) groups excluding carboxylic acids is 1. The van der Waals surface area contributed by atoms with Crippen LogP contribution in [0.25, 0.3) is 6.08 Å². The van der Waals surface area contributed by atoms with Crippen molar-refractivity contribution >= 4 is 40.0 Å². The van der Waals surface area contributed by atoms with Gasteiger partial charge in [0.25, 0.3) is 0 Å². The predicted molar refractivity (Wildman–Crippen MR) is 80.7 cm³/mol. The monoisotopic (exact) mass is 295 g/mol. The van der Waals surface area contributed by atoms with Gasteiger partial charge in [-0.25, -0.2) is 0 Å². The first-order chi connectivity index (χ1) is 9.08. The standard InChI is InChI=1S/C13H13NO3S2/c1-16-8-5-3-4-7(12(8)17-2)6-9-11(15)10(14)13(18)19-9/h3-6,10H,14H2,1-2H3/b9-6+/t10-/m1/s1. The molecular weight excluding hydrogens is 282 g/mol. The summed E-state index contributed by atoms with van der Waals surface area (Å²) in [5, 5.41) is 0. The highest BCUT2D eigenvalue weighted by atomic mass is 32.2. The molecule has 0 aliphatic carbocycles. The molecule has 1 saturated heterocycles. The third kappa shape index (κ3) is 2.65. The van der Waals surface area contributed by atoms with Crippen molar-refractivity contribution in [2.75, 3.05) is 14.2 Å². The first kappa shape index (κ1) is 14.0. The molecule has 0 spiro atoms. The molecule has 4 nitrogen and oxygen atoms in total. The van der Waals surface area contributed by atoms with Gasteiger partial charge in [-0.3, -0.25) is 4.79 Å². The Morgan fingerprint density at radius 1 is 1.37 bits per heavy atom. The molecule has 1 aromatic carbocycles. The van der Waals surface area contributed by atoms with Crippen molar-refractivity contribution in [1.29, 1.82) is 0 Å². The minimum absolute atomic E-state index is 0.153. The van der Waals surface area contributed by atoms with Crippen molar-refractivity contribution < 1.29 is 14.3 Å².